The van der Waals surface area contributed by atoms with E-state index in [4.69, 9.17) is 5.73 Å². The molecule has 0 radical (unpaired) electrons. The number of nitrogens with one attached hydrogen (secondary N) is 1. The van der Waals surface area contributed by atoms with Crippen molar-refractivity contribution >= 4 is 29.3 Å². The molecule has 0 aliphatic heterocycles. The van der Waals surface area contributed by atoms with Gasteiger partial charge in [0.05, 0.1) is 11.4 Å². The number of nitrogen functional groups attached to an aromatic ring is 1. The van der Waals surface area contributed by atoms with Crippen molar-refractivity contribution < 1.29 is 4.79 Å². The summed E-state index contributed by atoms with van der Waals surface area (Å²) in [5.41, 5.74) is 9.90. The Morgan fingerprint density at radius 2 is 1.88 bits per heavy atom. The second-order valence-corrected chi connectivity index (χ2v) is 6.59. The van der Waals surface area contributed by atoms with Gasteiger partial charge in [-0.1, -0.05) is 36.0 Å². The van der Waals surface area contributed by atoms with E-state index in [2.05, 4.69) is 15.5 Å². The third-order valence-corrected chi connectivity index (χ3v) is 4.72. The molecule has 25 heavy (non-hydrogen) atoms. The molecule has 3 rings (SSSR count). The van der Waals surface area contributed by atoms with Crippen LogP contribution >= 0.6 is 11.8 Å². The quantitative estimate of drug-likeness (QED) is 0.688. The Balaban J connectivity index is 1.68. The van der Waals surface area contributed by atoms with E-state index >= 15 is 0 Å². The van der Waals surface area contributed by atoms with Gasteiger partial charge in [0, 0.05) is 5.69 Å². The predicted molar refractivity (Wildman–Crippen MR) is 101 cm³/mol. The molecular formula is C18H19N5OS. The molecular weight excluding hydrogens is 334 g/mol. The summed E-state index contributed by atoms with van der Waals surface area (Å²) >= 11 is 1.29. The zero-order valence-electron chi connectivity index (χ0n) is 14.1. The van der Waals surface area contributed by atoms with Gasteiger partial charge in [-0.25, -0.2) is 0 Å². The molecule has 3 aromatic rings. The summed E-state index contributed by atoms with van der Waals surface area (Å²) in [6.07, 6.45) is 0. The molecule has 3 N–H and O–H groups in total. The first kappa shape index (κ1) is 17.0. The Bertz CT molecular complexity index is 892. The van der Waals surface area contributed by atoms with Crippen molar-refractivity contribution in [3.8, 4) is 5.69 Å². The van der Waals surface area contributed by atoms with E-state index in [1.54, 1.807) is 4.57 Å². The number of hydrogen-bond donors (Lipinski definition) is 2. The highest BCUT2D eigenvalue weighted by molar-refractivity contribution is 7.99. The molecule has 0 atom stereocenters. The number of carbonyl (C=O) groups is 1. The van der Waals surface area contributed by atoms with Crippen LogP contribution in [-0.4, -0.2) is 26.4 Å². The maximum Gasteiger partial charge on any atom is 0.234 e. The third-order valence-electron chi connectivity index (χ3n) is 3.80. The van der Waals surface area contributed by atoms with E-state index in [0.29, 0.717) is 11.1 Å². The monoisotopic (exact) mass is 353 g/mol. The van der Waals surface area contributed by atoms with E-state index in [1.807, 2.05) is 62.4 Å². The van der Waals surface area contributed by atoms with Gasteiger partial charge in [-0.15, -0.1) is 10.2 Å². The van der Waals surface area contributed by atoms with Crippen LogP contribution in [0, 0.1) is 13.8 Å². The lowest BCUT2D eigenvalue weighted by atomic mass is 10.1. The minimum atomic E-state index is -0.102. The first-order valence-electron chi connectivity index (χ1n) is 7.81. The Morgan fingerprint density at radius 1 is 1.12 bits per heavy atom. The van der Waals surface area contributed by atoms with Gasteiger partial charge in [-0.05, 0) is 49.2 Å². The lowest BCUT2D eigenvalue weighted by molar-refractivity contribution is -0.113. The lowest BCUT2D eigenvalue weighted by Crippen LogP contribution is -2.14. The van der Waals surface area contributed by atoms with Gasteiger partial charge in [-0.3, -0.25) is 9.36 Å². The van der Waals surface area contributed by atoms with Crippen LogP contribution in [-0.2, 0) is 4.79 Å². The Labute approximate surface area is 150 Å². The van der Waals surface area contributed by atoms with Gasteiger partial charge in [-0.2, -0.15) is 0 Å². The van der Waals surface area contributed by atoms with E-state index in [1.165, 1.54) is 17.3 Å². The average Bonchev–Trinajstić information content (AvgIpc) is 2.98. The zero-order valence-corrected chi connectivity index (χ0v) is 14.9. The van der Waals surface area contributed by atoms with Crippen LogP contribution in [0.4, 0.5) is 11.6 Å². The second-order valence-electron chi connectivity index (χ2n) is 5.65. The van der Waals surface area contributed by atoms with Crippen molar-refractivity contribution in [2.45, 2.75) is 19.0 Å². The minimum Gasteiger partial charge on any atom is -0.368 e. The highest BCUT2D eigenvalue weighted by Crippen LogP contribution is 2.23. The van der Waals surface area contributed by atoms with Gasteiger partial charge in [0.15, 0.2) is 5.16 Å². The van der Waals surface area contributed by atoms with Crippen LogP contribution in [0.15, 0.2) is 53.7 Å². The molecule has 1 amide bonds. The molecule has 0 aliphatic rings. The number of nitrogens with zero attached hydrogens (tertiary/aromatic N) is 3. The molecule has 0 aliphatic carbocycles. The Hall–Kier alpha value is -2.80. The van der Waals surface area contributed by atoms with E-state index < -0.39 is 0 Å². The molecule has 1 aromatic heterocycles. The highest BCUT2D eigenvalue weighted by atomic mass is 32.2. The fraction of sp³-hybridized carbons (Fsp3) is 0.167. The number of aryl methyl sites for hydroxylation is 2. The molecule has 0 fully saturated rings. The summed E-state index contributed by atoms with van der Waals surface area (Å²) in [4.78, 5) is 12.2. The van der Waals surface area contributed by atoms with Crippen molar-refractivity contribution in [3.63, 3.8) is 0 Å². The molecule has 0 saturated heterocycles. The number of benzene rings is 2. The first-order chi connectivity index (χ1) is 12.0. The Kier molecular flexibility index (Phi) is 5.04. The summed E-state index contributed by atoms with van der Waals surface area (Å²) in [5.74, 6) is 0.412. The number of hydrogen-bond acceptors (Lipinski definition) is 5. The van der Waals surface area contributed by atoms with E-state index in [9.17, 15) is 4.79 Å². The van der Waals surface area contributed by atoms with Crippen molar-refractivity contribution in [1.29, 1.82) is 0 Å². The Morgan fingerprint density at radius 3 is 2.60 bits per heavy atom. The van der Waals surface area contributed by atoms with E-state index in [-0.39, 0.29) is 11.7 Å². The van der Waals surface area contributed by atoms with E-state index in [0.717, 1.165) is 16.9 Å². The number of aromatic nitrogens is 3. The van der Waals surface area contributed by atoms with Gasteiger partial charge in [0.1, 0.15) is 0 Å². The molecule has 0 bridgehead atoms. The summed E-state index contributed by atoms with van der Waals surface area (Å²) in [6.45, 7) is 4.06. The molecule has 6 nitrogen and oxygen atoms in total. The minimum absolute atomic E-state index is 0.102. The molecule has 0 unspecified atom stereocenters. The number of rotatable bonds is 5. The van der Waals surface area contributed by atoms with Crippen LogP contribution in [0.25, 0.3) is 5.69 Å². The summed E-state index contributed by atoms with van der Waals surface area (Å²) in [5, 5.41) is 11.5. The van der Waals surface area contributed by atoms with Crippen LogP contribution < -0.4 is 11.1 Å². The first-order valence-corrected chi connectivity index (χ1v) is 8.79. The van der Waals surface area contributed by atoms with Gasteiger partial charge < -0.3 is 11.1 Å². The maximum atomic E-state index is 12.2. The number of thioether (sulfide) groups is 1. The smallest absolute Gasteiger partial charge is 0.234 e. The van der Waals surface area contributed by atoms with Gasteiger partial charge in [0.2, 0.25) is 11.9 Å². The standard InChI is InChI=1S/C18H19N5OS/c1-12-8-9-14(10-13(12)2)20-16(24)11-25-18-22-21-17(19)23(18)15-6-4-3-5-7-15/h3-10H,11H2,1-2H3,(H2,19,21)(H,20,24). The van der Waals surface area contributed by atoms with Gasteiger partial charge in [0.25, 0.3) is 0 Å². The molecule has 1 heterocycles. The largest absolute Gasteiger partial charge is 0.368 e. The lowest BCUT2D eigenvalue weighted by Gasteiger charge is -2.09. The summed E-state index contributed by atoms with van der Waals surface area (Å²) in [7, 11) is 0. The molecule has 0 spiro atoms. The zero-order chi connectivity index (χ0) is 17.8. The number of nitrogens with two attached hydrogens (primary N) is 1. The van der Waals surface area contributed by atoms with Gasteiger partial charge >= 0.3 is 0 Å². The average molecular weight is 353 g/mol. The number of carbonyl (C=O) groups excluding carboxylic acids is 1. The fourth-order valence-corrected chi connectivity index (χ4v) is 3.10. The maximum absolute atomic E-state index is 12.2. The van der Waals surface area contributed by atoms with Crippen molar-refractivity contribution in [3.05, 3.63) is 59.7 Å². The number of para-hydroxylation sites is 1. The summed E-state index contributed by atoms with van der Waals surface area (Å²) < 4.78 is 1.73. The van der Waals surface area contributed by atoms with Crippen molar-refractivity contribution in [1.82, 2.24) is 14.8 Å². The molecule has 0 saturated carbocycles. The molecule has 2 aromatic carbocycles. The predicted octanol–water partition coefficient (Wildman–Crippen LogP) is 3.20. The number of anilines is 2. The highest BCUT2D eigenvalue weighted by Gasteiger charge is 2.14. The van der Waals surface area contributed by atoms with Crippen LogP contribution in [0.1, 0.15) is 11.1 Å². The SMILES string of the molecule is Cc1ccc(NC(=O)CSc2nnc(N)n2-c2ccccc2)cc1C. The molecule has 128 valence electrons. The number of amides is 1. The van der Waals surface area contributed by atoms with Crippen molar-refractivity contribution in [2.75, 3.05) is 16.8 Å². The second kappa shape index (κ2) is 7.40. The normalized spacial score (nSPS) is 10.6. The fourth-order valence-electron chi connectivity index (χ4n) is 2.34. The van der Waals surface area contributed by atoms with Crippen molar-refractivity contribution in [2.24, 2.45) is 0 Å². The molecule has 7 heteroatoms. The third kappa shape index (κ3) is 4.00. The van der Waals surface area contributed by atoms with Crippen LogP contribution in [0.2, 0.25) is 0 Å². The van der Waals surface area contributed by atoms with Crippen LogP contribution in [0.5, 0.6) is 0 Å². The van der Waals surface area contributed by atoms with Crippen LogP contribution in [0.3, 0.4) is 0 Å². The topological polar surface area (TPSA) is 85.8 Å². The summed E-state index contributed by atoms with van der Waals surface area (Å²) in [6, 6.07) is 15.4.